The van der Waals surface area contributed by atoms with E-state index in [1.54, 1.807) is 0 Å². The highest BCUT2D eigenvalue weighted by Crippen LogP contribution is 2.28. The molecule has 76 valence electrons. The molecule has 6 heteroatoms. The second-order valence-electron chi connectivity index (χ2n) is 2.42. The van der Waals surface area contributed by atoms with Crippen LogP contribution >= 0.6 is 27.5 Å². The van der Waals surface area contributed by atoms with Gasteiger partial charge in [0.05, 0.1) is 7.11 Å². The van der Waals surface area contributed by atoms with Gasteiger partial charge in [0.25, 0.3) is 0 Å². The summed E-state index contributed by atoms with van der Waals surface area (Å²) in [6.45, 7) is 4.23. The molecule has 0 atom stereocenters. The number of rotatable bonds is 4. The van der Waals surface area contributed by atoms with E-state index in [0.717, 1.165) is 4.48 Å². The van der Waals surface area contributed by atoms with Gasteiger partial charge in [-0.3, -0.25) is 0 Å². The lowest BCUT2D eigenvalue weighted by atomic mass is 10.5. The van der Waals surface area contributed by atoms with Crippen LogP contribution in [-0.2, 0) is 0 Å². The standard InChI is InChI=1S/C8H9BrClN3O/c1-5(9)3-11-8-6(14-2)7(10)12-4-13-8/h4H,1,3H2,2H3,(H,11,12,13). The van der Waals surface area contributed by atoms with Crippen LogP contribution < -0.4 is 10.1 Å². The molecule has 1 rings (SSSR count). The molecule has 1 aromatic heterocycles. The average Bonchev–Trinajstić information content (AvgIpc) is 2.14. The van der Waals surface area contributed by atoms with Crippen LogP contribution in [0.4, 0.5) is 5.82 Å². The summed E-state index contributed by atoms with van der Waals surface area (Å²) in [7, 11) is 1.51. The maximum atomic E-state index is 5.79. The molecule has 1 N–H and O–H groups in total. The number of ether oxygens (including phenoxy) is 1. The summed E-state index contributed by atoms with van der Waals surface area (Å²) in [5.41, 5.74) is 0. The van der Waals surface area contributed by atoms with Crippen LogP contribution in [0.25, 0.3) is 0 Å². The molecular formula is C8H9BrClN3O. The molecule has 0 spiro atoms. The van der Waals surface area contributed by atoms with Crippen molar-refractivity contribution in [3.8, 4) is 5.75 Å². The normalized spacial score (nSPS) is 9.64. The fraction of sp³-hybridized carbons (Fsp3) is 0.250. The van der Waals surface area contributed by atoms with E-state index in [-0.39, 0.29) is 5.15 Å². The molecule has 0 radical (unpaired) electrons. The minimum Gasteiger partial charge on any atom is -0.490 e. The molecule has 0 saturated heterocycles. The lowest BCUT2D eigenvalue weighted by molar-refractivity contribution is 0.413. The minimum absolute atomic E-state index is 0.283. The Kier molecular flexibility index (Phi) is 4.16. The van der Waals surface area contributed by atoms with Crippen molar-refractivity contribution in [2.75, 3.05) is 19.0 Å². The Morgan fingerprint density at radius 2 is 2.43 bits per heavy atom. The van der Waals surface area contributed by atoms with E-state index in [0.29, 0.717) is 18.1 Å². The Labute approximate surface area is 95.5 Å². The fourth-order valence-electron chi connectivity index (χ4n) is 0.839. The molecule has 0 aliphatic rings. The first-order valence-corrected chi connectivity index (χ1v) is 4.94. The zero-order chi connectivity index (χ0) is 10.6. The summed E-state index contributed by atoms with van der Waals surface area (Å²) in [5, 5.41) is 3.28. The summed E-state index contributed by atoms with van der Waals surface area (Å²) < 4.78 is 5.86. The van der Waals surface area contributed by atoms with Crippen LogP contribution in [0.1, 0.15) is 0 Å². The van der Waals surface area contributed by atoms with E-state index in [4.69, 9.17) is 16.3 Å². The first kappa shape index (κ1) is 11.3. The quantitative estimate of drug-likeness (QED) is 0.860. The molecule has 0 saturated carbocycles. The second-order valence-corrected chi connectivity index (χ2v) is 3.90. The van der Waals surface area contributed by atoms with Gasteiger partial charge in [-0.2, -0.15) is 0 Å². The molecule has 1 heterocycles. The van der Waals surface area contributed by atoms with Crippen LogP contribution in [0.3, 0.4) is 0 Å². The highest BCUT2D eigenvalue weighted by Gasteiger charge is 2.09. The van der Waals surface area contributed by atoms with Crippen LogP contribution in [0, 0.1) is 0 Å². The van der Waals surface area contributed by atoms with Gasteiger partial charge in [0.2, 0.25) is 0 Å². The lowest BCUT2D eigenvalue weighted by Crippen LogP contribution is -2.05. The van der Waals surface area contributed by atoms with Crippen molar-refractivity contribution in [2.24, 2.45) is 0 Å². The van der Waals surface area contributed by atoms with Gasteiger partial charge in [0.15, 0.2) is 16.7 Å². The molecule has 0 bridgehead atoms. The first-order chi connectivity index (χ1) is 6.65. The van der Waals surface area contributed by atoms with Gasteiger partial charge in [0.1, 0.15) is 6.33 Å². The van der Waals surface area contributed by atoms with Gasteiger partial charge < -0.3 is 10.1 Å². The van der Waals surface area contributed by atoms with Crippen molar-refractivity contribution in [1.82, 2.24) is 9.97 Å². The number of anilines is 1. The largest absolute Gasteiger partial charge is 0.490 e. The topological polar surface area (TPSA) is 47.0 Å². The third-order valence-electron chi connectivity index (χ3n) is 1.41. The Balaban J connectivity index is 2.85. The molecule has 0 aliphatic carbocycles. The summed E-state index contributed by atoms with van der Waals surface area (Å²) in [6, 6.07) is 0. The van der Waals surface area contributed by atoms with Crippen LogP contribution in [0.2, 0.25) is 5.15 Å². The first-order valence-electron chi connectivity index (χ1n) is 3.76. The lowest BCUT2D eigenvalue weighted by Gasteiger charge is -2.09. The molecule has 0 unspecified atom stereocenters. The number of aromatic nitrogens is 2. The van der Waals surface area contributed by atoms with E-state index in [1.807, 2.05) is 0 Å². The van der Waals surface area contributed by atoms with Crippen molar-refractivity contribution in [1.29, 1.82) is 0 Å². The number of halogens is 2. The molecule has 0 amide bonds. The number of hydrogen-bond acceptors (Lipinski definition) is 4. The molecule has 14 heavy (non-hydrogen) atoms. The van der Waals surface area contributed by atoms with Gasteiger partial charge in [-0.15, -0.1) is 0 Å². The summed E-state index contributed by atoms with van der Waals surface area (Å²) in [5.74, 6) is 0.982. The van der Waals surface area contributed by atoms with Gasteiger partial charge in [-0.05, 0) is 0 Å². The SMILES string of the molecule is C=C(Br)CNc1ncnc(Cl)c1OC. The number of hydrogen-bond donors (Lipinski definition) is 1. The van der Waals surface area contributed by atoms with Gasteiger partial charge >= 0.3 is 0 Å². The highest BCUT2D eigenvalue weighted by molar-refractivity contribution is 9.11. The zero-order valence-electron chi connectivity index (χ0n) is 7.55. The molecular weight excluding hydrogens is 269 g/mol. The van der Waals surface area contributed by atoms with Crippen molar-refractivity contribution in [2.45, 2.75) is 0 Å². The number of nitrogens with one attached hydrogen (secondary N) is 1. The predicted octanol–water partition coefficient (Wildman–Crippen LogP) is 2.46. The Morgan fingerprint density at radius 1 is 1.71 bits per heavy atom. The summed E-state index contributed by atoms with van der Waals surface area (Å²) in [4.78, 5) is 7.78. The van der Waals surface area contributed by atoms with E-state index < -0.39 is 0 Å². The van der Waals surface area contributed by atoms with Crippen LogP contribution in [0.5, 0.6) is 5.75 Å². The summed E-state index contributed by atoms with van der Waals surface area (Å²) in [6.07, 6.45) is 1.37. The smallest absolute Gasteiger partial charge is 0.198 e. The van der Waals surface area contributed by atoms with E-state index in [9.17, 15) is 0 Å². The summed E-state index contributed by atoms with van der Waals surface area (Å²) >= 11 is 9.02. The molecule has 4 nitrogen and oxygen atoms in total. The van der Waals surface area contributed by atoms with Crippen LogP contribution in [-0.4, -0.2) is 23.6 Å². The second kappa shape index (κ2) is 5.17. The Bertz CT molecular complexity index is 345. The maximum Gasteiger partial charge on any atom is 0.198 e. The third kappa shape index (κ3) is 2.85. The van der Waals surface area contributed by atoms with Crippen molar-refractivity contribution in [3.63, 3.8) is 0 Å². The van der Waals surface area contributed by atoms with Crippen LogP contribution in [0.15, 0.2) is 17.4 Å². The highest BCUT2D eigenvalue weighted by atomic mass is 79.9. The van der Waals surface area contributed by atoms with Crippen molar-refractivity contribution in [3.05, 3.63) is 22.5 Å². The van der Waals surface area contributed by atoms with Gasteiger partial charge in [-0.25, -0.2) is 9.97 Å². The molecule has 0 aromatic carbocycles. The van der Waals surface area contributed by atoms with Gasteiger partial charge in [0, 0.05) is 11.0 Å². The number of methoxy groups -OCH3 is 1. The monoisotopic (exact) mass is 277 g/mol. The zero-order valence-corrected chi connectivity index (χ0v) is 9.89. The Hall–Kier alpha value is -0.810. The predicted molar refractivity (Wildman–Crippen MR) is 60.2 cm³/mol. The van der Waals surface area contributed by atoms with Crippen molar-refractivity contribution >= 4 is 33.3 Å². The molecule has 0 aliphatic heterocycles. The third-order valence-corrected chi connectivity index (χ3v) is 1.96. The van der Waals surface area contributed by atoms with E-state index >= 15 is 0 Å². The maximum absolute atomic E-state index is 5.79. The van der Waals surface area contributed by atoms with Crippen molar-refractivity contribution < 1.29 is 4.74 Å². The minimum atomic E-state index is 0.283. The number of nitrogens with zero attached hydrogens (tertiary/aromatic N) is 2. The van der Waals surface area contributed by atoms with Gasteiger partial charge in [-0.1, -0.05) is 34.1 Å². The van der Waals surface area contributed by atoms with E-state index in [2.05, 4.69) is 37.8 Å². The Morgan fingerprint density at radius 3 is 3.00 bits per heavy atom. The molecule has 0 fully saturated rings. The molecule has 1 aromatic rings. The fourth-order valence-corrected chi connectivity index (χ4v) is 1.19. The average molecular weight is 279 g/mol. The van der Waals surface area contributed by atoms with E-state index in [1.165, 1.54) is 13.4 Å².